The number of halogens is 2. The van der Waals surface area contributed by atoms with E-state index in [4.69, 9.17) is 0 Å². The number of hydrogen-bond acceptors (Lipinski definition) is 2. The molecule has 0 heterocycles. The molecule has 0 aliphatic rings. The molecular weight excluding hydrogens is 312 g/mol. The second-order valence-corrected chi connectivity index (χ2v) is 4.71. The maximum atomic E-state index is 11.4. The summed E-state index contributed by atoms with van der Waals surface area (Å²) in [4.78, 5) is 11.5. The monoisotopic (exact) mass is 320 g/mol. The molecule has 76 valence electrons. The molecule has 0 spiro atoms. The van der Waals surface area contributed by atoms with Crippen LogP contribution in [0.4, 0.5) is 0 Å². The highest BCUT2D eigenvalue weighted by molar-refractivity contribution is 9.09. The van der Waals surface area contributed by atoms with E-state index in [0.29, 0.717) is 5.56 Å². The van der Waals surface area contributed by atoms with E-state index in [-0.39, 0.29) is 10.8 Å². The molecular formula is C10H10Br2O2. The van der Waals surface area contributed by atoms with Crippen LogP contribution >= 0.6 is 32.2 Å². The molecule has 1 rings (SSSR count). The fraction of sp³-hybridized carbons (Fsp3) is 0.300. The van der Waals surface area contributed by atoms with Crippen LogP contribution in [0.1, 0.15) is 33.2 Å². The first kappa shape index (κ1) is 11.7. The van der Waals surface area contributed by atoms with Gasteiger partial charge in [-0.3, -0.25) is 0 Å². The molecule has 2 nitrogen and oxygen atoms in total. The third-order valence-electron chi connectivity index (χ3n) is 2.01. The fourth-order valence-corrected chi connectivity index (χ4v) is 2.21. The summed E-state index contributed by atoms with van der Waals surface area (Å²) in [6.45, 7) is 3.95. The van der Waals surface area contributed by atoms with Crippen molar-refractivity contribution in [2.45, 2.75) is 18.7 Å². The lowest BCUT2D eigenvalue weighted by Crippen LogP contribution is -2.05. The lowest BCUT2D eigenvalue weighted by Gasteiger charge is -2.12. The van der Waals surface area contributed by atoms with Gasteiger partial charge in [0.25, 0.3) is 0 Å². The number of hydrogen-bond donors (Lipinski definition) is 0. The van der Waals surface area contributed by atoms with Gasteiger partial charge in [0.1, 0.15) is 0 Å². The Labute approximate surface area is 100 Å². The van der Waals surface area contributed by atoms with E-state index in [0.717, 1.165) is 11.1 Å². The molecule has 0 aliphatic heterocycles. The smallest absolute Gasteiger partial charge is 0.349 e. The summed E-state index contributed by atoms with van der Waals surface area (Å²) in [7, 11) is 0. The van der Waals surface area contributed by atoms with E-state index in [1.54, 1.807) is 6.07 Å². The first-order valence-corrected chi connectivity index (χ1v) is 5.70. The van der Waals surface area contributed by atoms with Crippen molar-refractivity contribution in [3.05, 3.63) is 34.9 Å². The fourth-order valence-electron chi connectivity index (χ4n) is 1.43. The summed E-state index contributed by atoms with van der Waals surface area (Å²) in [5.74, 6) is -0.366. The van der Waals surface area contributed by atoms with Gasteiger partial charge in [-0.05, 0) is 31.0 Å². The Balaban J connectivity index is 3.28. The zero-order valence-corrected chi connectivity index (χ0v) is 11.1. The summed E-state index contributed by atoms with van der Waals surface area (Å²) in [6, 6.07) is 5.56. The maximum Gasteiger partial charge on any atom is 0.349 e. The Morgan fingerprint density at radius 2 is 2.14 bits per heavy atom. The van der Waals surface area contributed by atoms with Gasteiger partial charge in [-0.2, -0.15) is 0 Å². The lowest BCUT2D eigenvalue weighted by molar-refractivity contribution is 0.0780. The van der Waals surface area contributed by atoms with Gasteiger partial charge in [0, 0.05) is 4.83 Å². The molecule has 0 bridgehead atoms. The van der Waals surface area contributed by atoms with Gasteiger partial charge in [-0.15, -0.1) is 0 Å². The van der Waals surface area contributed by atoms with Crippen LogP contribution in [0.25, 0.3) is 0 Å². The SMILES string of the molecule is Cc1cccc(C(=O)OBr)c1C(C)Br. The molecule has 1 atom stereocenters. The van der Waals surface area contributed by atoms with Crippen LogP contribution in [0.15, 0.2) is 18.2 Å². The van der Waals surface area contributed by atoms with E-state index >= 15 is 0 Å². The lowest BCUT2D eigenvalue weighted by atomic mass is 10.00. The van der Waals surface area contributed by atoms with Crippen LogP contribution < -0.4 is 0 Å². The predicted molar refractivity (Wildman–Crippen MR) is 62.9 cm³/mol. The molecule has 0 radical (unpaired) electrons. The van der Waals surface area contributed by atoms with Gasteiger partial charge in [-0.1, -0.05) is 28.1 Å². The Kier molecular flexibility index (Phi) is 4.13. The van der Waals surface area contributed by atoms with E-state index in [2.05, 4.69) is 36.0 Å². The minimum absolute atomic E-state index is 0.130. The van der Waals surface area contributed by atoms with Crippen molar-refractivity contribution in [2.24, 2.45) is 0 Å². The minimum atomic E-state index is -0.366. The summed E-state index contributed by atoms with van der Waals surface area (Å²) < 4.78 is 4.53. The number of alkyl halides is 1. The van der Waals surface area contributed by atoms with Crippen LogP contribution in [-0.2, 0) is 3.83 Å². The van der Waals surface area contributed by atoms with Crippen LogP contribution in [-0.4, -0.2) is 5.97 Å². The van der Waals surface area contributed by atoms with Crippen LogP contribution in [0.3, 0.4) is 0 Å². The first-order chi connectivity index (χ1) is 6.57. The second kappa shape index (κ2) is 4.94. The van der Waals surface area contributed by atoms with Crippen LogP contribution in [0.5, 0.6) is 0 Å². The number of benzene rings is 1. The Bertz CT molecular complexity index is 348. The summed E-state index contributed by atoms with van der Waals surface area (Å²) >= 11 is 6.15. The van der Waals surface area contributed by atoms with Gasteiger partial charge in [0.15, 0.2) is 16.3 Å². The van der Waals surface area contributed by atoms with E-state index in [1.807, 2.05) is 26.0 Å². The quantitative estimate of drug-likeness (QED) is 0.772. The number of carbonyl (C=O) groups is 1. The van der Waals surface area contributed by atoms with Crippen molar-refractivity contribution in [1.29, 1.82) is 0 Å². The second-order valence-electron chi connectivity index (χ2n) is 3.02. The van der Waals surface area contributed by atoms with Crippen molar-refractivity contribution in [3.63, 3.8) is 0 Å². The summed E-state index contributed by atoms with van der Waals surface area (Å²) in [6.07, 6.45) is 0. The average Bonchev–Trinajstić information content (AvgIpc) is 2.15. The molecule has 0 aliphatic carbocycles. The molecule has 0 aromatic heterocycles. The third-order valence-corrected chi connectivity index (χ3v) is 2.76. The minimum Gasteiger partial charge on any atom is -0.380 e. The van der Waals surface area contributed by atoms with Crippen molar-refractivity contribution >= 4 is 38.2 Å². The molecule has 0 N–H and O–H groups in total. The van der Waals surface area contributed by atoms with Crippen LogP contribution in [0, 0.1) is 6.92 Å². The molecule has 0 saturated heterocycles. The summed E-state index contributed by atoms with van der Waals surface area (Å²) in [5, 5.41) is 0. The van der Waals surface area contributed by atoms with Gasteiger partial charge >= 0.3 is 5.97 Å². The molecule has 4 heteroatoms. The topological polar surface area (TPSA) is 26.3 Å². The highest BCUT2D eigenvalue weighted by atomic mass is 79.9. The van der Waals surface area contributed by atoms with Gasteiger partial charge in [-0.25, -0.2) is 4.79 Å². The van der Waals surface area contributed by atoms with E-state index in [9.17, 15) is 4.79 Å². The van der Waals surface area contributed by atoms with Gasteiger partial charge in [0.2, 0.25) is 0 Å². The zero-order chi connectivity index (χ0) is 10.7. The van der Waals surface area contributed by atoms with Crippen molar-refractivity contribution in [2.75, 3.05) is 0 Å². The van der Waals surface area contributed by atoms with E-state index < -0.39 is 0 Å². The summed E-state index contributed by atoms with van der Waals surface area (Å²) in [5.41, 5.74) is 2.63. The number of carbonyl (C=O) groups excluding carboxylic acids is 1. The molecule has 14 heavy (non-hydrogen) atoms. The standard InChI is InChI=1S/C10H10Br2O2/c1-6-4-3-5-8(10(13)14-12)9(6)7(2)11/h3-5,7H,1-2H3. The Morgan fingerprint density at radius 1 is 1.50 bits per heavy atom. The average molecular weight is 322 g/mol. The van der Waals surface area contributed by atoms with Crippen LogP contribution in [0.2, 0.25) is 0 Å². The molecule has 0 amide bonds. The first-order valence-electron chi connectivity index (χ1n) is 4.14. The van der Waals surface area contributed by atoms with Crippen molar-refractivity contribution in [3.8, 4) is 0 Å². The highest BCUT2D eigenvalue weighted by Gasteiger charge is 2.16. The Morgan fingerprint density at radius 3 is 2.64 bits per heavy atom. The molecule has 0 fully saturated rings. The zero-order valence-electron chi connectivity index (χ0n) is 7.88. The van der Waals surface area contributed by atoms with E-state index in [1.165, 1.54) is 0 Å². The molecule has 1 aromatic rings. The molecule has 0 saturated carbocycles. The highest BCUT2D eigenvalue weighted by Crippen LogP contribution is 2.29. The third kappa shape index (κ3) is 2.36. The maximum absolute atomic E-state index is 11.4. The van der Waals surface area contributed by atoms with Crippen molar-refractivity contribution in [1.82, 2.24) is 0 Å². The molecule has 1 unspecified atom stereocenters. The number of aryl methyl sites for hydroxylation is 1. The number of rotatable bonds is 2. The van der Waals surface area contributed by atoms with Crippen molar-refractivity contribution < 1.29 is 8.62 Å². The molecule has 1 aromatic carbocycles. The Hall–Kier alpha value is -0.350. The van der Waals surface area contributed by atoms with Gasteiger partial charge in [0.05, 0.1) is 5.56 Å². The predicted octanol–water partition coefficient (Wildman–Crippen LogP) is 3.92. The van der Waals surface area contributed by atoms with Gasteiger partial charge < -0.3 is 3.83 Å². The largest absolute Gasteiger partial charge is 0.380 e. The normalized spacial score (nSPS) is 12.3.